The second-order valence-corrected chi connectivity index (χ2v) is 9.18. The summed E-state index contributed by atoms with van der Waals surface area (Å²) in [6, 6.07) is 11.0. The largest absolute Gasteiger partial charge is 0.455 e. The van der Waals surface area contributed by atoms with Crippen molar-refractivity contribution in [1.82, 2.24) is 9.97 Å². The van der Waals surface area contributed by atoms with Gasteiger partial charge in [-0.3, -0.25) is 9.78 Å². The van der Waals surface area contributed by atoms with Crippen molar-refractivity contribution in [2.45, 2.75) is 46.8 Å². The summed E-state index contributed by atoms with van der Waals surface area (Å²) in [5, 5.41) is 14.2. The highest BCUT2D eigenvalue weighted by atomic mass is 35.5. The van der Waals surface area contributed by atoms with E-state index in [4.69, 9.17) is 16.0 Å². The number of nitrogens with zero attached hydrogens (tertiary/aromatic N) is 3. The van der Waals surface area contributed by atoms with Crippen LogP contribution in [0.4, 0.5) is 11.5 Å². The lowest BCUT2D eigenvalue weighted by Gasteiger charge is -2.38. The number of fused-ring (bicyclic) bond motifs is 1. The molecule has 7 nitrogen and oxygen atoms in total. The van der Waals surface area contributed by atoms with Gasteiger partial charge in [0, 0.05) is 42.2 Å². The topological polar surface area (TPSA) is 91.5 Å². The lowest BCUT2D eigenvalue weighted by atomic mass is 9.99. The fourth-order valence-corrected chi connectivity index (χ4v) is 4.52. The third-order valence-electron chi connectivity index (χ3n) is 6.16. The van der Waals surface area contributed by atoms with Gasteiger partial charge >= 0.3 is 0 Å². The minimum atomic E-state index is -0.366. The van der Waals surface area contributed by atoms with Crippen molar-refractivity contribution in [1.29, 1.82) is 0 Å². The van der Waals surface area contributed by atoms with Gasteiger partial charge in [0.1, 0.15) is 16.5 Å². The van der Waals surface area contributed by atoms with Crippen LogP contribution in [-0.4, -0.2) is 34.3 Å². The normalized spacial score (nSPS) is 14.1. The SMILES string of the molecule is CC.Cc1cc(C(C)Nc2ccc(Cl)nc2N2CC(O)C2)c2oc(-c3cccnc3)c(C)c(=O)c2c1. The Morgan fingerprint density at radius 2 is 1.94 bits per heavy atom. The zero-order valence-corrected chi connectivity index (χ0v) is 21.9. The van der Waals surface area contributed by atoms with Crippen molar-refractivity contribution in [3.63, 3.8) is 0 Å². The number of aliphatic hydroxyl groups excluding tert-OH is 1. The van der Waals surface area contributed by atoms with Crippen LogP contribution in [0.1, 0.15) is 43.5 Å². The number of benzene rings is 1. The van der Waals surface area contributed by atoms with Crippen molar-refractivity contribution in [2.24, 2.45) is 0 Å². The van der Waals surface area contributed by atoms with E-state index < -0.39 is 0 Å². The summed E-state index contributed by atoms with van der Waals surface area (Å²) in [4.78, 5) is 23.9. The molecule has 3 aromatic heterocycles. The van der Waals surface area contributed by atoms with Crippen LogP contribution < -0.4 is 15.6 Å². The minimum absolute atomic E-state index is 0.0549. The first-order valence-corrected chi connectivity index (χ1v) is 12.5. The van der Waals surface area contributed by atoms with E-state index >= 15 is 0 Å². The Morgan fingerprint density at radius 1 is 1.19 bits per heavy atom. The first-order valence-electron chi connectivity index (χ1n) is 12.2. The van der Waals surface area contributed by atoms with Gasteiger partial charge in [-0.05, 0) is 56.7 Å². The van der Waals surface area contributed by atoms with Crippen molar-refractivity contribution in [2.75, 3.05) is 23.3 Å². The molecular formula is C28H31ClN4O3. The molecule has 188 valence electrons. The molecule has 1 atom stereocenters. The standard InChI is InChI=1S/C26H25ClN4O3.C2H6/c1-14-9-19(16(3)29-21-6-7-22(27)30-26(21)31-12-18(32)13-31)25-20(10-14)23(33)15(2)24(34-25)17-5-4-8-28-11-17;1-2/h4-11,16,18,29,32H,12-13H2,1-3H3;1-2H3. The zero-order chi connectivity index (χ0) is 26.0. The summed E-state index contributed by atoms with van der Waals surface area (Å²) in [5.74, 6) is 1.21. The molecule has 4 aromatic rings. The Bertz CT molecular complexity index is 1430. The van der Waals surface area contributed by atoms with Crippen LogP contribution in [0, 0.1) is 13.8 Å². The van der Waals surface area contributed by atoms with Crippen LogP contribution in [-0.2, 0) is 0 Å². The molecule has 1 saturated heterocycles. The van der Waals surface area contributed by atoms with Crippen LogP contribution in [0.15, 0.2) is 58.0 Å². The van der Waals surface area contributed by atoms with E-state index in [1.165, 1.54) is 0 Å². The maximum absolute atomic E-state index is 13.3. The van der Waals surface area contributed by atoms with E-state index in [1.54, 1.807) is 25.4 Å². The van der Waals surface area contributed by atoms with Gasteiger partial charge in [0.15, 0.2) is 11.2 Å². The molecule has 1 aromatic carbocycles. The van der Waals surface area contributed by atoms with Gasteiger partial charge in [-0.25, -0.2) is 4.98 Å². The molecule has 5 rings (SSSR count). The average Bonchev–Trinajstić information content (AvgIpc) is 2.87. The molecule has 0 spiro atoms. The van der Waals surface area contributed by atoms with Crippen LogP contribution >= 0.6 is 11.6 Å². The van der Waals surface area contributed by atoms with Crippen molar-refractivity contribution in [3.8, 4) is 11.3 Å². The first kappa shape index (κ1) is 25.7. The zero-order valence-electron chi connectivity index (χ0n) is 21.2. The highest BCUT2D eigenvalue weighted by Crippen LogP contribution is 2.35. The van der Waals surface area contributed by atoms with Gasteiger partial charge in [-0.2, -0.15) is 0 Å². The number of hydrogen-bond acceptors (Lipinski definition) is 7. The van der Waals surface area contributed by atoms with Crippen LogP contribution in [0.5, 0.6) is 0 Å². The second-order valence-electron chi connectivity index (χ2n) is 8.79. The van der Waals surface area contributed by atoms with E-state index in [0.29, 0.717) is 46.4 Å². The molecule has 36 heavy (non-hydrogen) atoms. The highest BCUT2D eigenvalue weighted by Gasteiger charge is 2.28. The molecule has 1 aliphatic heterocycles. The van der Waals surface area contributed by atoms with Gasteiger partial charge in [0.25, 0.3) is 0 Å². The number of β-amino-alcohol motifs (C(OH)–C–C–N with tert-alkyl or cyclic N) is 1. The molecule has 0 amide bonds. The van der Waals surface area contributed by atoms with E-state index in [0.717, 1.165) is 22.4 Å². The van der Waals surface area contributed by atoms with Gasteiger partial charge in [0.2, 0.25) is 0 Å². The summed E-state index contributed by atoms with van der Waals surface area (Å²) in [7, 11) is 0. The van der Waals surface area contributed by atoms with Gasteiger partial charge in [0.05, 0.1) is 23.2 Å². The fourth-order valence-electron chi connectivity index (χ4n) is 4.38. The molecule has 1 fully saturated rings. The summed E-state index contributed by atoms with van der Waals surface area (Å²) in [5.41, 5.74) is 4.42. The molecule has 0 aliphatic carbocycles. The number of aromatic nitrogens is 2. The second kappa shape index (κ2) is 10.7. The summed E-state index contributed by atoms with van der Waals surface area (Å²) >= 11 is 6.16. The number of halogens is 1. The highest BCUT2D eigenvalue weighted by molar-refractivity contribution is 6.29. The van der Waals surface area contributed by atoms with Gasteiger partial charge < -0.3 is 19.7 Å². The Labute approximate surface area is 215 Å². The molecule has 1 aliphatic rings. The molecule has 0 saturated carbocycles. The number of nitrogens with one attached hydrogen (secondary N) is 1. The molecule has 0 radical (unpaired) electrons. The Kier molecular flexibility index (Phi) is 7.62. The van der Waals surface area contributed by atoms with Crippen molar-refractivity contribution < 1.29 is 9.52 Å². The molecule has 2 N–H and O–H groups in total. The van der Waals surface area contributed by atoms with Gasteiger partial charge in [-0.1, -0.05) is 31.5 Å². The summed E-state index contributed by atoms with van der Waals surface area (Å²) < 4.78 is 6.39. The Morgan fingerprint density at radius 3 is 2.61 bits per heavy atom. The summed E-state index contributed by atoms with van der Waals surface area (Å²) in [6.45, 7) is 10.8. The van der Waals surface area contributed by atoms with E-state index in [1.807, 2.05) is 62.9 Å². The quantitative estimate of drug-likeness (QED) is 0.325. The summed E-state index contributed by atoms with van der Waals surface area (Å²) in [6.07, 6.45) is 3.02. The van der Waals surface area contributed by atoms with Gasteiger partial charge in [-0.15, -0.1) is 0 Å². The number of aryl methyl sites for hydroxylation is 1. The lowest BCUT2D eigenvalue weighted by Crippen LogP contribution is -2.51. The molecular weight excluding hydrogens is 476 g/mol. The van der Waals surface area contributed by atoms with Crippen LogP contribution in [0.2, 0.25) is 5.15 Å². The maximum atomic E-state index is 13.3. The van der Waals surface area contributed by atoms with Crippen LogP contribution in [0.3, 0.4) is 0 Å². The third-order valence-corrected chi connectivity index (χ3v) is 6.37. The molecule has 4 heterocycles. The number of hydrogen-bond donors (Lipinski definition) is 2. The Balaban J connectivity index is 0.00000148. The number of aliphatic hydroxyl groups is 1. The average molecular weight is 507 g/mol. The first-order chi connectivity index (χ1) is 17.3. The van der Waals surface area contributed by atoms with Crippen molar-refractivity contribution in [3.05, 3.63) is 80.9 Å². The lowest BCUT2D eigenvalue weighted by molar-refractivity contribution is 0.141. The maximum Gasteiger partial charge on any atom is 0.196 e. The smallest absolute Gasteiger partial charge is 0.196 e. The monoisotopic (exact) mass is 506 g/mol. The molecule has 0 bridgehead atoms. The number of rotatable bonds is 5. The molecule has 1 unspecified atom stereocenters. The number of anilines is 2. The van der Waals surface area contributed by atoms with E-state index in [-0.39, 0.29) is 17.6 Å². The van der Waals surface area contributed by atoms with E-state index in [2.05, 4.69) is 15.3 Å². The third kappa shape index (κ3) is 4.94. The minimum Gasteiger partial charge on any atom is -0.455 e. The fraction of sp³-hybridized carbons (Fsp3) is 0.321. The Hall–Kier alpha value is -3.42. The van der Waals surface area contributed by atoms with E-state index in [9.17, 15) is 9.90 Å². The number of pyridine rings is 2. The predicted octanol–water partition coefficient (Wildman–Crippen LogP) is 5.90. The predicted molar refractivity (Wildman–Crippen MR) is 146 cm³/mol. The van der Waals surface area contributed by atoms with Crippen LogP contribution in [0.25, 0.3) is 22.3 Å². The molecule has 8 heteroatoms. The van der Waals surface area contributed by atoms with Crippen molar-refractivity contribution >= 4 is 34.1 Å².